The van der Waals surface area contributed by atoms with Crippen molar-refractivity contribution in [3.63, 3.8) is 0 Å². The number of rotatable bonds is 10. The van der Waals surface area contributed by atoms with Gasteiger partial charge >= 0.3 is 0 Å². The van der Waals surface area contributed by atoms with Gasteiger partial charge in [-0.2, -0.15) is 29.9 Å². The number of hydrogen-bond donors (Lipinski definition) is 0. The van der Waals surface area contributed by atoms with E-state index in [9.17, 15) is 0 Å². The third kappa shape index (κ3) is 12.0. The van der Waals surface area contributed by atoms with E-state index in [-0.39, 0.29) is 0 Å². The summed E-state index contributed by atoms with van der Waals surface area (Å²) in [6.07, 6.45) is 0. The van der Waals surface area contributed by atoms with Crippen molar-refractivity contribution in [1.29, 1.82) is 0 Å². The third-order valence-corrected chi connectivity index (χ3v) is 24.8. The van der Waals surface area contributed by atoms with Gasteiger partial charge in [-0.25, -0.2) is 15.0 Å². The Morgan fingerprint density at radius 3 is 0.883 bits per heavy atom. The van der Waals surface area contributed by atoms with Crippen LogP contribution in [0.1, 0.15) is 0 Å². The maximum Gasteiger partial charge on any atom is 0.238 e. The van der Waals surface area contributed by atoms with Gasteiger partial charge in [0.15, 0.2) is 34.9 Å². The monoisotopic (exact) mass is 1570 g/mol. The SMILES string of the molecule is c1ccc(-c2ccc3c4c5sc6ccccc6c5ccc4n(-c4nc(-c5ccccc5)nc(-c5ccccc5)n4)c3c2)cc1.c1ccc(-c2nc(-c3ccccc3)nc(-n3c4ccccc4c4c5oc6ccccc6c5ccc43)n2)cc1.c1ccc(-c2nc(-c3ccccc3)nc(-n3c4ccccc4c4c5sc6ccccc6c5ccc43)n2)cc1. The lowest BCUT2D eigenvalue weighted by Gasteiger charge is -2.11. The number of benzene rings is 16. The fourth-order valence-electron chi connectivity index (χ4n) is 16.9. The van der Waals surface area contributed by atoms with Gasteiger partial charge < -0.3 is 4.42 Å². The lowest BCUT2D eigenvalue weighted by molar-refractivity contribution is 0.673. The zero-order chi connectivity index (χ0) is 79.1. The van der Waals surface area contributed by atoms with Crippen LogP contribution >= 0.6 is 22.7 Å². The van der Waals surface area contributed by atoms with Crippen LogP contribution < -0.4 is 0 Å². The lowest BCUT2D eigenvalue weighted by atomic mass is 10.0. The first-order chi connectivity index (χ1) is 59.5. The molecule has 562 valence electrons. The smallest absolute Gasteiger partial charge is 0.238 e. The number of fused-ring (bicyclic) bond motifs is 21. The maximum absolute atomic E-state index is 6.44. The van der Waals surface area contributed by atoms with E-state index in [1.165, 1.54) is 67.5 Å². The van der Waals surface area contributed by atoms with Gasteiger partial charge in [0, 0.05) is 111 Å². The van der Waals surface area contributed by atoms with Gasteiger partial charge in [-0.3, -0.25) is 13.7 Å². The van der Waals surface area contributed by atoms with Crippen LogP contribution in [0.5, 0.6) is 0 Å². The van der Waals surface area contributed by atoms with E-state index in [0.717, 1.165) is 105 Å². The highest BCUT2D eigenvalue weighted by molar-refractivity contribution is 7.27. The van der Waals surface area contributed by atoms with Crippen molar-refractivity contribution in [3.05, 3.63) is 388 Å². The summed E-state index contributed by atoms with van der Waals surface area (Å²) in [5, 5.41) is 14.3. The fraction of sp³-hybridized carbons (Fsp3) is 0. The number of furan rings is 1. The molecule has 0 spiro atoms. The molecule has 0 radical (unpaired) electrons. The minimum absolute atomic E-state index is 0.569. The van der Waals surface area contributed by atoms with Crippen LogP contribution in [0.2, 0.25) is 0 Å². The van der Waals surface area contributed by atoms with Gasteiger partial charge in [0.1, 0.15) is 11.2 Å². The van der Waals surface area contributed by atoms with Crippen molar-refractivity contribution >= 4 is 150 Å². The summed E-state index contributed by atoms with van der Waals surface area (Å²) < 4.78 is 18.1. The van der Waals surface area contributed by atoms with Crippen LogP contribution in [0.15, 0.2) is 393 Å². The van der Waals surface area contributed by atoms with Gasteiger partial charge in [0.2, 0.25) is 17.8 Å². The number of aromatic nitrogens is 12. The first kappa shape index (κ1) is 69.7. The first-order valence-electron chi connectivity index (χ1n) is 39.7. The molecular weight excluding hydrogens is 1510 g/mol. The van der Waals surface area contributed by atoms with Crippen molar-refractivity contribution in [2.75, 3.05) is 0 Å². The van der Waals surface area contributed by atoms with Gasteiger partial charge in [-0.05, 0) is 71.8 Å². The second kappa shape index (κ2) is 29.2. The largest absolute Gasteiger partial charge is 0.455 e. The van der Waals surface area contributed by atoms with Crippen LogP contribution in [0, 0.1) is 0 Å². The molecule has 120 heavy (non-hydrogen) atoms. The molecule has 0 N–H and O–H groups in total. The Labute approximate surface area is 694 Å². The Bertz CT molecular complexity index is 7790. The minimum atomic E-state index is 0.569. The predicted octanol–water partition coefficient (Wildman–Crippen LogP) is 27.2. The highest BCUT2D eigenvalue weighted by atomic mass is 32.1. The van der Waals surface area contributed by atoms with Gasteiger partial charge in [0.05, 0.1) is 38.5 Å². The molecule has 0 aliphatic heterocycles. The summed E-state index contributed by atoms with van der Waals surface area (Å²) in [4.78, 5) is 45.1. The molecule has 0 saturated carbocycles. The van der Waals surface area contributed by atoms with Crippen molar-refractivity contribution in [2.24, 2.45) is 0 Å². The molecular formula is C105H64N12OS2. The molecule has 16 aromatic carbocycles. The van der Waals surface area contributed by atoms with E-state index < -0.39 is 0 Å². The van der Waals surface area contributed by atoms with Gasteiger partial charge in [-0.15, -0.1) is 22.7 Å². The van der Waals surface area contributed by atoms with E-state index in [1.54, 1.807) is 0 Å². The highest BCUT2D eigenvalue weighted by Gasteiger charge is 2.26. The molecule has 0 fully saturated rings. The van der Waals surface area contributed by atoms with Crippen LogP contribution in [-0.4, -0.2) is 58.6 Å². The number of hydrogen-bond acceptors (Lipinski definition) is 12. The molecule has 13 nitrogen and oxygen atoms in total. The maximum atomic E-state index is 6.44. The third-order valence-electron chi connectivity index (χ3n) is 22.4. The standard InChI is InChI=1S/C39H24N4S.C33H20N4O.C33H20N4S/c1-4-12-25(13-5-1)28-20-21-31-33(24-28)43(32-23-22-30-29-18-10-11-19-34(29)44-36(30)35(31)32)39-41-37(26-14-6-2-7-15-26)40-38(42-39)27-16-8-3-9-17-27;2*1-3-11-21(12-4-1)31-34-32(22-13-5-2-6-14-22)36-33(35-31)37-26-17-9-7-16-25(26)29-27(37)20-19-24-23-15-8-10-18-28(23)38-30(24)29/h1-24H;2*1-20H. The summed E-state index contributed by atoms with van der Waals surface area (Å²) >= 11 is 3.70. The predicted molar refractivity (Wildman–Crippen MR) is 494 cm³/mol. The Morgan fingerprint density at radius 1 is 0.192 bits per heavy atom. The van der Waals surface area contributed by atoms with Crippen LogP contribution in [0.3, 0.4) is 0 Å². The molecule has 25 rings (SSSR count). The zero-order valence-corrected chi connectivity index (χ0v) is 65.7. The average molecular weight is 1570 g/mol. The van der Waals surface area contributed by atoms with Crippen LogP contribution in [0.4, 0.5) is 0 Å². The van der Waals surface area contributed by atoms with Crippen LogP contribution in [0.25, 0.3) is 225 Å². The topological polar surface area (TPSA) is 144 Å². The molecule has 0 atom stereocenters. The van der Waals surface area contributed by atoms with Gasteiger partial charge in [-0.1, -0.05) is 328 Å². The molecule has 0 aliphatic carbocycles. The van der Waals surface area contributed by atoms with Crippen molar-refractivity contribution in [2.45, 2.75) is 0 Å². The summed E-state index contributed by atoms with van der Waals surface area (Å²) in [5.41, 5.74) is 16.1. The Hall–Kier alpha value is -15.8. The zero-order valence-electron chi connectivity index (χ0n) is 64.0. The van der Waals surface area contributed by atoms with E-state index in [4.69, 9.17) is 49.3 Å². The molecule has 0 bridgehead atoms. The molecule has 0 saturated heterocycles. The molecule has 9 heterocycles. The molecule has 0 aliphatic rings. The lowest BCUT2D eigenvalue weighted by Crippen LogP contribution is -2.06. The van der Waals surface area contributed by atoms with E-state index in [0.29, 0.717) is 52.8 Å². The second-order valence-corrected chi connectivity index (χ2v) is 31.6. The molecule has 25 aromatic rings. The fourth-order valence-corrected chi connectivity index (χ4v) is 19.4. The van der Waals surface area contributed by atoms with Gasteiger partial charge in [0.25, 0.3) is 0 Å². The van der Waals surface area contributed by atoms with E-state index in [2.05, 4.69) is 196 Å². The van der Waals surface area contributed by atoms with Crippen molar-refractivity contribution in [1.82, 2.24) is 58.6 Å². The molecule has 0 amide bonds. The highest BCUT2D eigenvalue weighted by Crippen LogP contribution is 2.47. The second-order valence-electron chi connectivity index (χ2n) is 29.5. The number of thiophene rings is 2. The average Bonchev–Trinajstić information content (AvgIpc) is 1.56. The summed E-state index contributed by atoms with van der Waals surface area (Å²) in [5.74, 6) is 5.65. The quantitative estimate of drug-likeness (QED) is 0.130. The summed E-state index contributed by atoms with van der Waals surface area (Å²) in [6.45, 7) is 0. The number of para-hydroxylation sites is 3. The van der Waals surface area contributed by atoms with Crippen LogP contribution in [-0.2, 0) is 0 Å². The van der Waals surface area contributed by atoms with E-state index >= 15 is 0 Å². The normalized spacial score (nSPS) is 11.7. The molecule has 15 heteroatoms. The Morgan fingerprint density at radius 2 is 0.483 bits per heavy atom. The summed E-state index contributed by atoms with van der Waals surface area (Å²) in [6, 6.07) is 134. The minimum Gasteiger partial charge on any atom is -0.455 e. The summed E-state index contributed by atoms with van der Waals surface area (Å²) in [7, 11) is 0. The molecule has 9 aromatic heterocycles. The first-order valence-corrected chi connectivity index (χ1v) is 41.4. The van der Waals surface area contributed by atoms with E-state index in [1.807, 2.05) is 229 Å². The Kier molecular flexibility index (Phi) is 16.9. The van der Waals surface area contributed by atoms with Crippen molar-refractivity contribution < 1.29 is 4.42 Å². The Balaban J connectivity index is 0.000000105. The molecule has 0 unspecified atom stereocenters. The number of nitrogens with zero attached hydrogens (tertiary/aromatic N) is 12. The van der Waals surface area contributed by atoms with Crippen molar-refractivity contribution in [3.8, 4) is 97.3 Å².